The summed E-state index contributed by atoms with van der Waals surface area (Å²) in [4.78, 5) is 11.6. The fourth-order valence-electron chi connectivity index (χ4n) is 2.90. The highest BCUT2D eigenvalue weighted by atomic mass is 15.2. The van der Waals surface area contributed by atoms with Gasteiger partial charge in [0.2, 0.25) is 0 Å². The third-order valence-electron chi connectivity index (χ3n) is 3.90. The molecule has 1 heterocycles. The number of hydrogen-bond donors (Lipinski definition) is 1. The molecule has 0 aliphatic heterocycles. The van der Waals surface area contributed by atoms with E-state index in [2.05, 4.69) is 27.9 Å². The van der Waals surface area contributed by atoms with Crippen LogP contribution in [0.2, 0.25) is 0 Å². The summed E-state index contributed by atoms with van der Waals surface area (Å²) >= 11 is 0. The first-order valence-corrected chi connectivity index (χ1v) is 7.56. The van der Waals surface area contributed by atoms with E-state index in [1.807, 2.05) is 6.92 Å². The van der Waals surface area contributed by atoms with Gasteiger partial charge in [-0.25, -0.2) is 9.97 Å². The second-order valence-electron chi connectivity index (χ2n) is 5.39. The van der Waals surface area contributed by atoms with Gasteiger partial charge in [-0.05, 0) is 39.2 Å². The molecule has 1 fully saturated rings. The second kappa shape index (κ2) is 6.85. The number of nitrogens with zero attached hydrogens (tertiary/aromatic N) is 3. The lowest BCUT2D eigenvalue weighted by Gasteiger charge is -2.30. The van der Waals surface area contributed by atoms with Gasteiger partial charge in [0.15, 0.2) is 0 Å². The first-order chi connectivity index (χ1) is 9.24. The van der Waals surface area contributed by atoms with Crippen molar-refractivity contribution in [3.8, 4) is 0 Å². The third-order valence-corrected chi connectivity index (χ3v) is 3.90. The fraction of sp³-hybridized carbons (Fsp3) is 0.733. The molecule has 2 N–H and O–H groups in total. The summed E-state index contributed by atoms with van der Waals surface area (Å²) in [6.45, 7) is 5.89. The van der Waals surface area contributed by atoms with Gasteiger partial charge in [0, 0.05) is 24.3 Å². The van der Waals surface area contributed by atoms with Crippen molar-refractivity contribution in [3.63, 3.8) is 0 Å². The molecule has 4 heteroatoms. The first kappa shape index (κ1) is 14.3. The minimum Gasteiger partial charge on any atom is -0.353 e. The van der Waals surface area contributed by atoms with E-state index in [1.165, 1.54) is 25.7 Å². The van der Waals surface area contributed by atoms with Crippen LogP contribution in [0.25, 0.3) is 0 Å². The van der Waals surface area contributed by atoms with Gasteiger partial charge in [-0.3, -0.25) is 0 Å². The maximum Gasteiger partial charge on any atom is 0.132 e. The molecular weight excluding hydrogens is 236 g/mol. The van der Waals surface area contributed by atoms with Crippen LogP contribution in [0.4, 0.5) is 5.82 Å². The van der Waals surface area contributed by atoms with Crippen molar-refractivity contribution in [1.82, 2.24) is 9.97 Å². The lowest BCUT2D eigenvalue weighted by atomic mass is 10.2. The molecule has 1 aromatic heterocycles. The smallest absolute Gasteiger partial charge is 0.132 e. The Bertz CT molecular complexity index is 399. The number of aryl methyl sites for hydroxylation is 2. The molecule has 0 spiro atoms. The van der Waals surface area contributed by atoms with Crippen LogP contribution in [0, 0.1) is 6.92 Å². The van der Waals surface area contributed by atoms with Gasteiger partial charge in [-0.15, -0.1) is 0 Å². The van der Waals surface area contributed by atoms with E-state index in [0.29, 0.717) is 6.04 Å². The molecule has 1 aromatic rings. The Labute approximate surface area is 116 Å². The summed E-state index contributed by atoms with van der Waals surface area (Å²) in [5.41, 5.74) is 6.82. The SMILES string of the molecule is CCc1cc(N(CCCN)C2CCCC2)nc(C)n1. The summed E-state index contributed by atoms with van der Waals surface area (Å²) in [6, 6.07) is 2.80. The molecule has 0 atom stereocenters. The normalized spacial score (nSPS) is 15.9. The zero-order chi connectivity index (χ0) is 13.7. The molecule has 1 aliphatic carbocycles. The molecule has 4 nitrogen and oxygen atoms in total. The Kier molecular flexibility index (Phi) is 5.14. The Morgan fingerprint density at radius 2 is 2.05 bits per heavy atom. The van der Waals surface area contributed by atoms with Crippen molar-refractivity contribution in [2.45, 2.75) is 58.4 Å². The fourth-order valence-corrected chi connectivity index (χ4v) is 2.90. The van der Waals surface area contributed by atoms with Gasteiger partial charge < -0.3 is 10.6 Å². The van der Waals surface area contributed by atoms with Crippen molar-refractivity contribution >= 4 is 5.82 Å². The molecule has 106 valence electrons. The summed E-state index contributed by atoms with van der Waals surface area (Å²) < 4.78 is 0. The molecule has 19 heavy (non-hydrogen) atoms. The van der Waals surface area contributed by atoms with E-state index in [9.17, 15) is 0 Å². The Morgan fingerprint density at radius 3 is 2.68 bits per heavy atom. The highest BCUT2D eigenvalue weighted by molar-refractivity contribution is 5.41. The quantitative estimate of drug-likeness (QED) is 0.855. The lowest BCUT2D eigenvalue weighted by Crippen LogP contribution is -2.36. The number of anilines is 1. The van der Waals surface area contributed by atoms with Crippen LogP contribution in [-0.2, 0) is 6.42 Å². The lowest BCUT2D eigenvalue weighted by molar-refractivity contribution is 0.585. The topological polar surface area (TPSA) is 55.0 Å². The Hall–Kier alpha value is -1.16. The predicted molar refractivity (Wildman–Crippen MR) is 79.4 cm³/mol. The Morgan fingerprint density at radius 1 is 1.32 bits per heavy atom. The van der Waals surface area contributed by atoms with Gasteiger partial charge in [-0.1, -0.05) is 19.8 Å². The zero-order valence-corrected chi connectivity index (χ0v) is 12.2. The molecule has 0 saturated heterocycles. The standard InChI is InChI=1S/C15H26N4/c1-3-13-11-15(18-12(2)17-13)19(10-6-9-16)14-7-4-5-8-14/h11,14H,3-10,16H2,1-2H3. The van der Waals surface area contributed by atoms with Gasteiger partial charge in [0.25, 0.3) is 0 Å². The summed E-state index contributed by atoms with van der Waals surface area (Å²) in [7, 11) is 0. The van der Waals surface area contributed by atoms with Gasteiger partial charge in [0.1, 0.15) is 11.6 Å². The second-order valence-corrected chi connectivity index (χ2v) is 5.39. The average molecular weight is 262 g/mol. The number of nitrogens with two attached hydrogens (primary N) is 1. The molecule has 2 rings (SSSR count). The van der Waals surface area contributed by atoms with Crippen molar-refractivity contribution in [2.75, 3.05) is 18.0 Å². The van der Waals surface area contributed by atoms with E-state index >= 15 is 0 Å². The van der Waals surface area contributed by atoms with Crippen LogP contribution in [0.5, 0.6) is 0 Å². The number of rotatable bonds is 6. The van der Waals surface area contributed by atoms with Crippen LogP contribution < -0.4 is 10.6 Å². The summed E-state index contributed by atoms with van der Waals surface area (Å²) in [5.74, 6) is 1.98. The molecule has 0 aromatic carbocycles. The third kappa shape index (κ3) is 3.66. The van der Waals surface area contributed by atoms with Crippen LogP contribution in [0.1, 0.15) is 50.5 Å². The Balaban J connectivity index is 2.22. The van der Waals surface area contributed by atoms with E-state index in [1.54, 1.807) is 0 Å². The van der Waals surface area contributed by atoms with E-state index in [4.69, 9.17) is 5.73 Å². The van der Waals surface area contributed by atoms with Crippen molar-refractivity contribution < 1.29 is 0 Å². The first-order valence-electron chi connectivity index (χ1n) is 7.56. The monoisotopic (exact) mass is 262 g/mol. The minimum atomic E-state index is 0.644. The molecule has 1 saturated carbocycles. The van der Waals surface area contributed by atoms with Crippen molar-refractivity contribution in [1.29, 1.82) is 0 Å². The maximum atomic E-state index is 5.68. The van der Waals surface area contributed by atoms with Crippen LogP contribution in [-0.4, -0.2) is 29.1 Å². The van der Waals surface area contributed by atoms with Gasteiger partial charge >= 0.3 is 0 Å². The van der Waals surface area contributed by atoms with Gasteiger partial charge in [-0.2, -0.15) is 0 Å². The van der Waals surface area contributed by atoms with E-state index in [0.717, 1.165) is 43.3 Å². The van der Waals surface area contributed by atoms with Crippen LogP contribution in [0.3, 0.4) is 0 Å². The highest BCUT2D eigenvalue weighted by Gasteiger charge is 2.23. The molecule has 1 aliphatic rings. The highest BCUT2D eigenvalue weighted by Crippen LogP contribution is 2.27. The maximum absolute atomic E-state index is 5.68. The minimum absolute atomic E-state index is 0.644. The number of hydrogen-bond acceptors (Lipinski definition) is 4. The molecular formula is C15H26N4. The van der Waals surface area contributed by atoms with Crippen LogP contribution in [0.15, 0.2) is 6.07 Å². The summed E-state index contributed by atoms with van der Waals surface area (Å²) in [6.07, 6.45) is 7.25. The molecule has 0 radical (unpaired) electrons. The van der Waals surface area contributed by atoms with E-state index < -0.39 is 0 Å². The predicted octanol–water partition coefficient (Wildman–Crippen LogP) is 2.45. The van der Waals surface area contributed by atoms with E-state index in [-0.39, 0.29) is 0 Å². The molecule has 0 bridgehead atoms. The molecule has 0 unspecified atom stereocenters. The largest absolute Gasteiger partial charge is 0.353 e. The van der Waals surface area contributed by atoms with Crippen molar-refractivity contribution in [2.24, 2.45) is 5.73 Å². The van der Waals surface area contributed by atoms with Gasteiger partial charge in [0.05, 0.1) is 0 Å². The summed E-state index contributed by atoms with van der Waals surface area (Å²) in [5, 5.41) is 0. The zero-order valence-electron chi connectivity index (χ0n) is 12.2. The molecule has 0 amide bonds. The average Bonchev–Trinajstić information content (AvgIpc) is 2.92. The van der Waals surface area contributed by atoms with Crippen molar-refractivity contribution in [3.05, 3.63) is 17.6 Å². The van der Waals surface area contributed by atoms with Crippen LogP contribution >= 0.6 is 0 Å². The number of aromatic nitrogens is 2.